The highest BCUT2D eigenvalue weighted by molar-refractivity contribution is 5.81. The molecule has 0 aliphatic heterocycles. The van der Waals surface area contributed by atoms with Crippen LogP contribution in [0.1, 0.15) is 40.5 Å². The summed E-state index contributed by atoms with van der Waals surface area (Å²) >= 11 is 0. The van der Waals surface area contributed by atoms with E-state index in [1.165, 1.54) is 13.8 Å². The molecule has 1 amide bonds. The van der Waals surface area contributed by atoms with Crippen molar-refractivity contribution in [1.82, 2.24) is 5.32 Å². The number of nitrogens with two attached hydrogens (primary N) is 1. The summed E-state index contributed by atoms with van der Waals surface area (Å²) in [6, 6.07) is -1.08. The van der Waals surface area contributed by atoms with Crippen LogP contribution in [0.4, 0.5) is 8.78 Å². The van der Waals surface area contributed by atoms with E-state index in [1.54, 1.807) is 7.11 Å². The Labute approximate surface area is 120 Å². The van der Waals surface area contributed by atoms with Gasteiger partial charge in [-0.05, 0) is 18.8 Å². The Hall–Kier alpha value is -0.750. The first-order chi connectivity index (χ1) is 9.10. The molecule has 0 heterocycles. The maximum atomic E-state index is 12.8. The number of rotatable bonds is 9. The molecule has 0 radical (unpaired) electrons. The lowest BCUT2D eigenvalue weighted by molar-refractivity contribution is -0.125. The van der Waals surface area contributed by atoms with Crippen LogP contribution < -0.4 is 11.1 Å². The van der Waals surface area contributed by atoms with Gasteiger partial charge in [0.1, 0.15) is 0 Å². The average Bonchev–Trinajstić information content (AvgIpc) is 2.27. The van der Waals surface area contributed by atoms with Gasteiger partial charge in [-0.3, -0.25) is 4.79 Å². The number of hydrogen-bond donors (Lipinski definition) is 2. The lowest BCUT2D eigenvalue weighted by atomic mass is 9.86. The van der Waals surface area contributed by atoms with Crippen molar-refractivity contribution >= 4 is 5.91 Å². The SMILES string of the molecule is COC[C@H](CC(C)C)NC(=O)[C@@H](N)CC(C)(C)C(F)F. The number of nitrogens with one attached hydrogen (secondary N) is 1. The minimum Gasteiger partial charge on any atom is -0.383 e. The summed E-state index contributed by atoms with van der Waals surface area (Å²) in [7, 11) is 1.55. The van der Waals surface area contributed by atoms with Gasteiger partial charge in [0.05, 0.1) is 18.7 Å². The zero-order valence-corrected chi connectivity index (χ0v) is 13.1. The van der Waals surface area contributed by atoms with Gasteiger partial charge in [-0.15, -0.1) is 0 Å². The molecule has 6 heteroatoms. The number of ether oxygens (including phenoxy) is 1. The Morgan fingerprint density at radius 3 is 2.30 bits per heavy atom. The van der Waals surface area contributed by atoms with E-state index in [1.807, 2.05) is 13.8 Å². The van der Waals surface area contributed by atoms with Crippen LogP contribution in [0.15, 0.2) is 0 Å². The van der Waals surface area contributed by atoms with Crippen molar-refractivity contribution in [3.8, 4) is 0 Å². The Bertz CT molecular complexity index is 297. The normalized spacial score (nSPS) is 15.5. The van der Waals surface area contributed by atoms with Gasteiger partial charge in [-0.2, -0.15) is 0 Å². The van der Waals surface area contributed by atoms with Crippen LogP contribution in [-0.2, 0) is 9.53 Å². The van der Waals surface area contributed by atoms with E-state index in [0.717, 1.165) is 6.42 Å². The second kappa shape index (κ2) is 8.52. The summed E-state index contributed by atoms with van der Waals surface area (Å²) in [6.07, 6.45) is -1.81. The number of carbonyl (C=O) groups excluding carboxylic acids is 1. The summed E-state index contributed by atoms with van der Waals surface area (Å²) in [5.74, 6) is -0.00870. The van der Waals surface area contributed by atoms with E-state index in [9.17, 15) is 13.6 Å². The van der Waals surface area contributed by atoms with Crippen molar-refractivity contribution in [2.45, 2.75) is 59.0 Å². The fourth-order valence-electron chi connectivity index (χ4n) is 2.00. The van der Waals surface area contributed by atoms with Crippen LogP contribution in [0.2, 0.25) is 0 Å². The molecule has 0 fully saturated rings. The quantitative estimate of drug-likeness (QED) is 0.685. The molecule has 2 atom stereocenters. The van der Waals surface area contributed by atoms with Crippen LogP contribution in [0.5, 0.6) is 0 Å². The van der Waals surface area contributed by atoms with Gasteiger partial charge in [0, 0.05) is 12.5 Å². The van der Waals surface area contributed by atoms with Crippen molar-refractivity contribution in [2.75, 3.05) is 13.7 Å². The lowest BCUT2D eigenvalue weighted by Gasteiger charge is -2.28. The Balaban J connectivity index is 4.48. The molecule has 120 valence electrons. The Kier molecular flexibility index (Phi) is 8.20. The van der Waals surface area contributed by atoms with E-state index in [4.69, 9.17) is 10.5 Å². The zero-order valence-electron chi connectivity index (χ0n) is 13.1. The van der Waals surface area contributed by atoms with Crippen LogP contribution >= 0.6 is 0 Å². The molecule has 4 nitrogen and oxygen atoms in total. The highest BCUT2D eigenvalue weighted by atomic mass is 19.3. The zero-order chi connectivity index (χ0) is 15.9. The third-order valence-electron chi connectivity index (χ3n) is 3.14. The predicted octanol–water partition coefficient (Wildman–Crippen LogP) is 2.17. The molecule has 0 bridgehead atoms. The molecule has 0 aromatic rings. The topological polar surface area (TPSA) is 64.3 Å². The van der Waals surface area contributed by atoms with Gasteiger partial charge in [0.25, 0.3) is 0 Å². The van der Waals surface area contributed by atoms with Gasteiger partial charge in [0.15, 0.2) is 0 Å². The van der Waals surface area contributed by atoms with Crippen molar-refractivity contribution < 1.29 is 18.3 Å². The summed E-state index contributed by atoms with van der Waals surface area (Å²) in [4.78, 5) is 12.0. The average molecular weight is 294 g/mol. The molecule has 0 aromatic heterocycles. The molecule has 0 spiro atoms. The molecule has 0 unspecified atom stereocenters. The van der Waals surface area contributed by atoms with Crippen molar-refractivity contribution in [2.24, 2.45) is 17.1 Å². The molecular weight excluding hydrogens is 266 g/mol. The Morgan fingerprint density at radius 2 is 1.90 bits per heavy atom. The first-order valence-corrected chi connectivity index (χ1v) is 6.93. The molecule has 0 saturated carbocycles. The highest BCUT2D eigenvalue weighted by Gasteiger charge is 2.34. The van der Waals surface area contributed by atoms with Crippen LogP contribution in [0.25, 0.3) is 0 Å². The molecule has 20 heavy (non-hydrogen) atoms. The smallest absolute Gasteiger partial charge is 0.243 e. The summed E-state index contributed by atoms with van der Waals surface area (Å²) in [5.41, 5.74) is 4.46. The van der Waals surface area contributed by atoms with Gasteiger partial charge in [-0.1, -0.05) is 27.7 Å². The minimum absolute atomic E-state index is 0.0577. The molecule has 0 saturated heterocycles. The number of carbonyl (C=O) groups is 1. The second-order valence-corrected chi connectivity index (χ2v) is 6.39. The van der Waals surface area contributed by atoms with Crippen molar-refractivity contribution in [1.29, 1.82) is 0 Å². The largest absolute Gasteiger partial charge is 0.383 e. The maximum Gasteiger partial charge on any atom is 0.243 e. The first-order valence-electron chi connectivity index (χ1n) is 6.93. The fourth-order valence-corrected chi connectivity index (χ4v) is 2.00. The van der Waals surface area contributed by atoms with Crippen LogP contribution in [0, 0.1) is 11.3 Å². The molecule has 3 N–H and O–H groups in total. The number of hydrogen-bond acceptors (Lipinski definition) is 3. The summed E-state index contributed by atoms with van der Waals surface area (Å²) in [6.45, 7) is 7.27. The predicted molar refractivity (Wildman–Crippen MR) is 75.6 cm³/mol. The maximum absolute atomic E-state index is 12.8. The van der Waals surface area contributed by atoms with E-state index in [0.29, 0.717) is 12.5 Å². The highest BCUT2D eigenvalue weighted by Crippen LogP contribution is 2.29. The monoisotopic (exact) mass is 294 g/mol. The van der Waals surface area contributed by atoms with Gasteiger partial charge in [0.2, 0.25) is 12.3 Å². The van der Waals surface area contributed by atoms with Crippen molar-refractivity contribution in [3.05, 3.63) is 0 Å². The van der Waals surface area contributed by atoms with E-state index in [-0.39, 0.29) is 12.5 Å². The standard InChI is InChI=1S/C14H28F2N2O2/c1-9(2)6-10(8-20-5)18-12(19)11(17)7-14(3,4)13(15)16/h9-11,13H,6-8,17H2,1-5H3,(H,18,19)/t10-,11-/m0/s1. The van der Waals surface area contributed by atoms with E-state index < -0.39 is 23.8 Å². The molecular formula is C14H28F2N2O2. The Morgan fingerprint density at radius 1 is 1.35 bits per heavy atom. The van der Waals surface area contributed by atoms with Crippen molar-refractivity contribution in [3.63, 3.8) is 0 Å². The first kappa shape index (κ1) is 19.2. The third kappa shape index (κ3) is 7.14. The van der Waals surface area contributed by atoms with Gasteiger partial charge >= 0.3 is 0 Å². The number of halogens is 2. The molecule has 0 rings (SSSR count). The van der Waals surface area contributed by atoms with Gasteiger partial charge < -0.3 is 15.8 Å². The minimum atomic E-state index is -2.51. The fraction of sp³-hybridized carbons (Fsp3) is 0.929. The van der Waals surface area contributed by atoms with Crippen LogP contribution in [-0.4, -0.2) is 38.1 Å². The van der Waals surface area contributed by atoms with Gasteiger partial charge in [-0.25, -0.2) is 8.78 Å². The summed E-state index contributed by atoms with van der Waals surface area (Å²) < 4.78 is 30.6. The molecule has 0 aliphatic rings. The molecule has 0 aromatic carbocycles. The number of methoxy groups -OCH3 is 1. The number of alkyl halides is 2. The number of amides is 1. The third-order valence-corrected chi connectivity index (χ3v) is 3.14. The summed E-state index contributed by atoms with van der Waals surface area (Å²) in [5, 5.41) is 2.78. The van der Waals surface area contributed by atoms with Crippen LogP contribution in [0.3, 0.4) is 0 Å². The van der Waals surface area contributed by atoms with E-state index in [2.05, 4.69) is 5.32 Å². The van der Waals surface area contributed by atoms with E-state index >= 15 is 0 Å². The molecule has 0 aliphatic carbocycles. The lowest BCUT2D eigenvalue weighted by Crippen LogP contribution is -2.49. The second-order valence-electron chi connectivity index (χ2n) is 6.39.